The fourth-order valence-corrected chi connectivity index (χ4v) is 11.6. The van der Waals surface area contributed by atoms with Gasteiger partial charge in [-0.15, -0.1) is 0 Å². The second-order valence-corrected chi connectivity index (χ2v) is 25.0. The van der Waals surface area contributed by atoms with Crippen molar-refractivity contribution in [3.05, 3.63) is 12.2 Å². The Bertz CT molecular complexity index is 1370. The zero-order valence-corrected chi connectivity index (χ0v) is 53.4. The lowest BCUT2D eigenvalue weighted by molar-refractivity contribution is -0.305. The van der Waals surface area contributed by atoms with Gasteiger partial charge in [0.15, 0.2) is 12.4 Å². The number of amides is 1. The second kappa shape index (κ2) is 58.8. The minimum atomic E-state index is -1.61. The van der Waals surface area contributed by atoms with Gasteiger partial charge in [-0.2, -0.15) is 0 Å². The molecular weight excluding hydrogens is 1010 g/mol. The van der Waals surface area contributed by atoms with E-state index in [2.05, 4.69) is 26.1 Å². The molecule has 0 aromatic heterocycles. The zero-order chi connectivity index (χ0) is 58.9. The first-order valence-electron chi connectivity index (χ1n) is 35.5. The highest BCUT2D eigenvalue weighted by Gasteiger charge is 2.47. The van der Waals surface area contributed by atoms with E-state index in [1.807, 2.05) is 6.08 Å². The standard InChI is InChI=1S/C70H135NO10/c1-4-7-10-13-16-19-22-24-26-28-30-32-34-36-38-40-43-46-49-52-55-58-65(75)81-68-67(77)66(76)64(59-72)80-70(68)79-60-61(62(73)56-53-50-47-44-41-21-18-15-12-9-6-3)71-69(78)63(74)57-54-51-48-45-42-39-37-35-33-31-29-27-25-23-20-17-14-11-8-5-2/h53,56,61-64,66-68,70,72-74,76-77H,4-52,54-55,57-60H2,1-3H3,(H,71,78)/b56-53+. The number of aliphatic hydroxyl groups excluding tert-OH is 5. The number of nitrogens with one attached hydrogen (secondary N) is 1. The predicted molar refractivity (Wildman–Crippen MR) is 338 cm³/mol. The first-order chi connectivity index (χ1) is 39.7. The van der Waals surface area contributed by atoms with Gasteiger partial charge in [0.25, 0.3) is 0 Å². The summed E-state index contributed by atoms with van der Waals surface area (Å²) in [4.78, 5) is 26.6. The Kier molecular flexibility index (Phi) is 56.2. The third-order valence-electron chi connectivity index (χ3n) is 17.2. The summed E-state index contributed by atoms with van der Waals surface area (Å²) in [5.74, 6) is -1.17. The van der Waals surface area contributed by atoms with Crippen molar-refractivity contribution in [2.45, 2.75) is 410 Å². The summed E-state index contributed by atoms with van der Waals surface area (Å²) in [6, 6.07) is -1.02. The van der Waals surface area contributed by atoms with Crippen molar-refractivity contribution >= 4 is 11.9 Å². The number of hydrogen-bond donors (Lipinski definition) is 6. The van der Waals surface area contributed by atoms with Gasteiger partial charge >= 0.3 is 5.97 Å². The molecule has 11 nitrogen and oxygen atoms in total. The topological polar surface area (TPSA) is 175 Å². The molecule has 0 bridgehead atoms. The third-order valence-corrected chi connectivity index (χ3v) is 17.2. The fourth-order valence-electron chi connectivity index (χ4n) is 11.6. The lowest BCUT2D eigenvalue weighted by atomic mass is 9.99. The van der Waals surface area contributed by atoms with E-state index in [0.29, 0.717) is 19.3 Å². The summed E-state index contributed by atoms with van der Waals surface area (Å²) in [7, 11) is 0. The second-order valence-electron chi connectivity index (χ2n) is 25.0. The summed E-state index contributed by atoms with van der Waals surface area (Å²) < 4.78 is 17.7. The molecule has 11 heteroatoms. The molecule has 1 aliphatic heterocycles. The molecule has 1 amide bonds. The Hall–Kier alpha value is -1.60. The quantitative estimate of drug-likeness (QED) is 0.0195. The number of esters is 1. The average molecular weight is 1150 g/mol. The highest BCUT2D eigenvalue weighted by molar-refractivity contribution is 5.80. The normalized spacial score (nSPS) is 18.6. The van der Waals surface area contributed by atoms with Crippen LogP contribution >= 0.6 is 0 Å². The molecular formula is C70H135NO10. The molecule has 1 heterocycles. The molecule has 0 spiro atoms. The van der Waals surface area contributed by atoms with Crippen LogP contribution in [0.1, 0.15) is 361 Å². The molecule has 1 fully saturated rings. The molecule has 0 saturated carbocycles. The number of allylic oxidation sites excluding steroid dienone is 1. The van der Waals surface area contributed by atoms with Gasteiger partial charge in [0.1, 0.15) is 24.4 Å². The summed E-state index contributed by atoms with van der Waals surface area (Å²) in [6.45, 7) is 5.85. The molecule has 8 unspecified atom stereocenters. The van der Waals surface area contributed by atoms with Gasteiger partial charge in [0.2, 0.25) is 5.91 Å². The highest BCUT2D eigenvalue weighted by atomic mass is 16.7. The number of hydrogen-bond acceptors (Lipinski definition) is 10. The fraction of sp³-hybridized carbons (Fsp3) is 0.943. The minimum absolute atomic E-state index is 0.132. The van der Waals surface area contributed by atoms with Gasteiger partial charge < -0.3 is 45.1 Å². The molecule has 0 radical (unpaired) electrons. The van der Waals surface area contributed by atoms with Crippen molar-refractivity contribution in [3.63, 3.8) is 0 Å². The van der Waals surface area contributed by atoms with Crippen molar-refractivity contribution in [3.8, 4) is 0 Å². The van der Waals surface area contributed by atoms with E-state index < -0.39 is 67.4 Å². The molecule has 1 aliphatic rings. The molecule has 1 rings (SSSR count). The van der Waals surface area contributed by atoms with Gasteiger partial charge in [-0.25, -0.2) is 0 Å². The number of rotatable bonds is 62. The number of unbranched alkanes of at least 4 members (excludes halogenated alkanes) is 48. The average Bonchev–Trinajstić information content (AvgIpc) is 3.51. The van der Waals surface area contributed by atoms with Crippen molar-refractivity contribution in [2.75, 3.05) is 13.2 Å². The zero-order valence-electron chi connectivity index (χ0n) is 53.4. The Morgan fingerprint density at radius 1 is 0.469 bits per heavy atom. The maximum Gasteiger partial charge on any atom is 0.306 e. The molecule has 0 aromatic rings. The number of ether oxygens (including phenoxy) is 3. The van der Waals surface area contributed by atoms with Crippen molar-refractivity contribution in [2.24, 2.45) is 0 Å². The summed E-state index contributed by atoms with van der Waals surface area (Å²) >= 11 is 0. The van der Waals surface area contributed by atoms with Crippen LogP contribution in [-0.4, -0.2) is 99.6 Å². The molecule has 81 heavy (non-hydrogen) atoms. The smallest absolute Gasteiger partial charge is 0.306 e. The van der Waals surface area contributed by atoms with Gasteiger partial charge in [0.05, 0.1) is 25.4 Å². The maximum atomic E-state index is 13.5. The molecule has 8 atom stereocenters. The Morgan fingerprint density at radius 2 is 0.802 bits per heavy atom. The molecule has 1 saturated heterocycles. The van der Waals surface area contributed by atoms with E-state index in [4.69, 9.17) is 14.2 Å². The van der Waals surface area contributed by atoms with Crippen LogP contribution in [0.2, 0.25) is 0 Å². The lowest BCUT2D eigenvalue weighted by Gasteiger charge is -2.41. The summed E-state index contributed by atoms with van der Waals surface area (Å²) in [5.41, 5.74) is 0. The Morgan fingerprint density at radius 3 is 1.16 bits per heavy atom. The van der Waals surface area contributed by atoms with Crippen LogP contribution in [0, 0.1) is 0 Å². The molecule has 480 valence electrons. The lowest BCUT2D eigenvalue weighted by Crippen LogP contribution is -2.61. The first-order valence-corrected chi connectivity index (χ1v) is 35.5. The SMILES string of the molecule is CCCCCCCCCCC/C=C/C(O)C(COC1OC(CO)C(O)C(O)C1OC(=O)CCCCCCCCCCCCCCCCCCCCCCC)NC(=O)C(O)CCCCCCCCCCCCCCCCCCCCCC. The first kappa shape index (κ1) is 77.4. The summed E-state index contributed by atoms with van der Waals surface area (Å²) in [6.07, 6.45) is 58.3. The van der Waals surface area contributed by atoms with Crippen molar-refractivity contribution in [1.82, 2.24) is 5.32 Å². The molecule has 0 aromatic carbocycles. The predicted octanol–water partition coefficient (Wildman–Crippen LogP) is 17.9. The molecule has 0 aliphatic carbocycles. The van der Waals surface area contributed by atoms with E-state index in [1.165, 1.54) is 257 Å². The van der Waals surface area contributed by atoms with Crippen LogP contribution in [-0.2, 0) is 23.8 Å². The van der Waals surface area contributed by atoms with Gasteiger partial charge in [-0.05, 0) is 25.7 Å². The van der Waals surface area contributed by atoms with Crippen LogP contribution in [0.5, 0.6) is 0 Å². The summed E-state index contributed by atoms with van der Waals surface area (Å²) in [5, 5.41) is 57.2. The van der Waals surface area contributed by atoms with Crippen LogP contribution < -0.4 is 5.32 Å². The Balaban J connectivity index is 2.55. The van der Waals surface area contributed by atoms with Gasteiger partial charge in [-0.3, -0.25) is 9.59 Å². The van der Waals surface area contributed by atoms with Crippen molar-refractivity contribution < 1.29 is 49.3 Å². The van der Waals surface area contributed by atoms with Crippen LogP contribution in [0.3, 0.4) is 0 Å². The van der Waals surface area contributed by atoms with Crippen LogP contribution in [0.25, 0.3) is 0 Å². The van der Waals surface area contributed by atoms with Gasteiger partial charge in [-0.1, -0.05) is 341 Å². The number of aliphatic hydroxyl groups is 5. The van der Waals surface area contributed by atoms with E-state index in [-0.39, 0.29) is 13.0 Å². The van der Waals surface area contributed by atoms with E-state index >= 15 is 0 Å². The van der Waals surface area contributed by atoms with Crippen LogP contribution in [0.4, 0.5) is 0 Å². The minimum Gasteiger partial charge on any atom is -0.454 e. The largest absolute Gasteiger partial charge is 0.454 e. The third kappa shape index (κ3) is 46.3. The van der Waals surface area contributed by atoms with Crippen molar-refractivity contribution in [1.29, 1.82) is 0 Å². The highest BCUT2D eigenvalue weighted by Crippen LogP contribution is 2.27. The molecule has 6 N–H and O–H groups in total. The van der Waals surface area contributed by atoms with Crippen LogP contribution in [0.15, 0.2) is 12.2 Å². The monoisotopic (exact) mass is 1150 g/mol. The van der Waals surface area contributed by atoms with E-state index in [0.717, 1.165) is 57.8 Å². The van der Waals surface area contributed by atoms with E-state index in [9.17, 15) is 35.1 Å². The van der Waals surface area contributed by atoms with E-state index in [1.54, 1.807) is 6.08 Å². The number of carbonyl (C=O) groups excluding carboxylic acids is 2. The maximum absolute atomic E-state index is 13.5. The van der Waals surface area contributed by atoms with Gasteiger partial charge in [0, 0.05) is 6.42 Å². The Labute approximate surface area is 499 Å². The number of carbonyl (C=O) groups is 2.